The first kappa shape index (κ1) is 22.2. The van der Waals surface area contributed by atoms with Gasteiger partial charge in [0.05, 0.1) is 6.61 Å². The maximum Gasteiger partial charge on any atom is 0.193 e. The summed E-state index contributed by atoms with van der Waals surface area (Å²) >= 11 is 0. The van der Waals surface area contributed by atoms with Gasteiger partial charge in [-0.3, -0.25) is 4.99 Å². The standard InChI is InChI=1S/C19H35N3O3.HI/c1-2-20-18(22-9-6-19(15-22)7-13-25-16-19)21-8-3-10-24-14-17-4-11-23-12-5-17;/h17H,2-16H2,1H3,(H,20,21);1H. The zero-order valence-electron chi connectivity index (χ0n) is 16.2. The third kappa shape index (κ3) is 6.49. The van der Waals surface area contributed by atoms with Crippen molar-refractivity contribution in [2.24, 2.45) is 16.3 Å². The van der Waals surface area contributed by atoms with Crippen LogP contribution in [0, 0.1) is 11.3 Å². The molecule has 0 aliphatic carbocycles. The Morgan fingerprint density at radius 3 is 2.81 bits per heavy atom. The van der Waals surface area contributed by atoms with Gasteiger partial charge in [0.25, 0.3) is 0 Å². The van der Waals surface area contributed by atoms with Crippen LogP contribution in [-0.4, -0.2) is 76.7 Å². The molecule has 3 rings (SSSR count). The van der Waals surface area contributed by atoms with Crippen molar-refractivity contribution in [3.05, 3.63) is 0 Å². The van der Waals surface area contributed by atoms with E-state index in [4.69, 9.17) is 19.2 Å². The van der Waals surface area contributed by atoms with Crippen LogP contribution in [0.2, 0.25) is 0 Å². The highest BCUT2D eigenvalue weighted by Crippen LogP contribution is 2.38. The first-order chi connectivity index (χ1) is 12.3. The number of aliphatic imine (C=N–C) groups is 1. The Morgan fingerprint density at radius 1 is 1.23 bits per heavy atom. The largest absolute Gasteiger partial charge is 0.381 e. The summed E-state index contributed by atoms with van der Waals surface area (Å²) in [6.45, 7) is 11.4. The quantitative estimate of drug-likeness (QED) is 0.262. The van der Waals surface area contributed by atoms with Gasteiger partial charge >= 0.3 is 0 Å². The molecule has 3 heterocycles. The molecular weight excluding hydrogens is 445 g/mol. The summed E-state index contributed by atoms with van der Waals surface area (Å²) in [6.07, 6.45) is 5.70. The lowest BCUT2D eigenvalue weighted by molar-refractivity contribution is 0.0205. The number of hydrogen-bond donors (Lipinski definition) is 1. The Morgan fingerprint density at radius 2 is 2.08 bits per heavy atom. The Balaban J connectivity index is 0.00000243. The number of rotatable bonds is 7. The van der Waals surface area contributed by atoms with Crippen molar-refractivity contribution in [1.82, 2.24) is 10.2 Å². The molecular formula is C19H36IN3O3. The van der Waals surface area contributed by atoms with E-state index in [9.17, 15) is 0 Å². The minimum atomic E-state index is 0. The minimum absolute atomic E-state index is 0. The summed E-state index contributed by atoms with van der Waals surface area (Å²) in [5, 5.41) is 3.45. The van der Waals surface area contributed by atoms with E-state index in [-0.39, 0.29) is 24.0 Å². The molecule has 1 N–H and O–H groups in total. The third-order valence-corrected chi connectivity index (χ3v) is 5.66. The molecule has 0 bridgehead atoms. The van der Waals surface area contributed by atoms with E-state index in [1.165, 1.54) is 12.8 Å². The summed E-state index contributed by atoms with van der Waals surface area (Å²) in [5.74, 6) is 1.75. The van der Waals surface area contributed by atoms with Gasteiger partial charge in [0.15, 0.2) is 5.96 Å². The Labute approximate surface area is 175 Å². The van der Waals surface area contributed by atoms with Gasteiger partial charge in [-0.15, -0.1) is 24.0 Å². The topological polar surface area (TPSA) is 55.3 Å². The molecule has 0 aromatic rings. The number of likely N-dealkylation sites (tertiary alicyclic amines) is 1. The second kappa shape index (κ2) is 11.7. The van der Waals surface area contributed by atoms with Gasteiger partial charge in [-0.1, -0.05) is 0 Å². The maximum absolute atomic E-state index is 5.84. The van der Waals surface area contributed by atoms with Gasteiger partial charge in [0.1, 0.15) is 0 Å². The molecule has 152 valence electrons. The summed E-state index contributed by atoms with van der Waals surface area (Å²) in [6, 6.07) is 0. The fraction of sp³-hybridized carbons (Fsp3) is 0.947. The number of nitrogens with zero attached hydrogens (tertiary/aromatic N) is 2. The molecule has 1 atom stereocenters. The number of halogens is 1. The van der Waals surface area contributed by atoms with E-state index in [2.05, 4.69) is 17.1 Å². The Kier molecular flexibility index (Phi) is 9.94. The summed E-state index contributed by atoms with van der Waals surface area (Å²) < 4.78 is 16.9. The second-order valence-electron chi connectivity index (χ2n) is 7.69. The zero-order valence-corrected chi connectivity index (χ0v) is 18.5. The molecule has 6 nitrogen and oxygen atoms in total. The van der Waals surface area contributed by atoms with Crippen LogP contribution < -0.4 is 5.32 Å². The molecule has 1 unspecified atom stereocenters. The van der Waals surface area contributed by atoms with E-state index in [1.807, 2.05) is 0 Å². The first-order valence-electron chi connectivity index (χ1n) is 10.1. The van der Waals surface area contributed by atoms with Gasteiger partial charge in [0.2, 0.25) is 0 Å². The van der Waals surface area contributed by atoms with Crippen LogP contribution in [0.4, 0.5) is 0 Å². The fourth-order valence-electron chi connectivity index (χ4n) is 4.03. The van der Waals surface area contributed by atoms with Gasteiger partial charge in [-0.25, -0.2) is 0 Å². The number of guanidine groups is 1. The van der Waals surface area contributed by atoms with E-state index in [0.717, 1.165) is 91.0 Å². The number of hydrogen-bond acceptors (Lipinski definition) is 4. The molecule has 7 heteroatoms. The van der Waals surface area contributed by atoms with Crippen LogP contribution >= 0.6 is 24.0 Å². The van der Waals surface area contributed by atoms with Crippen LogP contribution in [0.3, 0.4) is 0 Å². The third-order valence-electron chi connectivity index (χ3n) is 5.66. The monoisotopic (exact) mass is 481 g/mol. The molecule has 0 aromatic heterocycles. The minimum Gasteiger partial charge on any atom is -0.381 e. The van der Waals surface area contributed by atoms with E-state index < -0.39 is 0 Å². The molecule has 3 aliphatic heterocycles. The molecule has 0 radical (unpaired) electrons. The average Bonchev–Trinajstić information content (AvgIpc) is 3.28. The Bertz CT molecular complexity index is 424. The van der Waals surface area contributed by atoms with Crippen molar-refractivity contribution in [2.45, 2.75) is 39.0 Å². The summed E-state index contributed by atoms with van der Waals surface area (Å²) in [5.41, 5.74) is 0.378. The molecule has 0 saturated carbocycles. The zero-order chi connectivity index (χ0) is 17.4. The van der Waals surface area contributed by atoms with Gasteiger partial charge in [-0.05, 0) is 44.9 Å². The lowest BCUT2D eigenvalue weighted by Crippen LogP contribution is -2.41. The lowest BCUT2D eigenvalue weighted by atomic mass is 9.87. The van der Waals surface area contributed by atoms with Crippen LogP contribution in [0.25, 0.3) is 0 Å². The highest BCUT2D eigenvalue weighted by Gasteiger charge is 2.42. The van der Waals surface area contributed by atoms with E-state index in [0.29, 0.717) is 11.3 Å². The van der Waals surface area contributed by atoms with Crippen LogP contribution in [0.1, 0.15) is 39.0 Å². The Hall–Kier alpha value is -0.120. The second-order valence-corrected chi connectivity index (χ2v) is 7.69. The van der Waals surface area contributed by atoms with Crippen molar-refractivity contribution in [3.8, 4) is 0 Å². The van der Waals surface area contributed by atoms with Crippen LogP contribution in [-0.2, 0) is 14.2 Å². The fourth-order valence-corrected chi connectivity index (χ4v) is 4.03. The van der Waals surface area contributed by atoms with Crippen LogP contribution in [0.15, 0.2) is 4.99 Å². The molecule has 3 fully saturated rings. The molecule has 0 amide bonds. The first-order valence-corrected chi connectivity index (χ1v) is 10.1. The van der Waals surface area contributed by atoms with Gasteiger partial charge in [0, 0.05) is 64.6 Å². The molecule has 0 aromatic carbocycles. The SMILES string of the molecule is CCNC(=NCCCOCC1CCOCC1)N1CCC2(CCOC2)C1.I. The smallest absolute Gasteiger partial charge is 0.193 e. The van der Waals surface area contributed by atoms with E-state index in [1.54, 1.807) is 0 Å². The predicted octanol–water partition coefficient (Wildman–Crippen LogP) is 2.52. The highest BCUT2D eigenvalue weighted by molar-refractivity contribution is 14.0. The lowest BCUT2D eigenvalue weighted by Gasteiger charge is -2.25. The summed E-state index contributed by atoms with van der Waals surface area (Å²) in [7, 11) is 0. The average molecular weight is 481 g/mol. The van der Waals surface area contributed by atoms with Crippen LogP contribution in [0.5, 0.6) is 0 Å². The van der Waals surface area contributed by atoms with Crippen molar-refractivity contribution in [1.29, 1.82) is 0 Å². The molecule has 26 heavy (non-hydrogen) atoms. The maximum atomic E-state index is 5.84. The predicted molar refractivity (Wildman–Crippen MR) is 114 cm³/mol. The van der Waals surface area contributed by atoms with Crippen molar-refractivity contribution in [2.75, 3.05) is 65.8 Å². The number of nitrogens with one attached hydrogen (secondary N) is 1. The van der Waals surface area contributed by atoms with E-state index >= 15 is 0 Å². The van der Waals surface area contributed by atoms with Crippen molar-refractivity contribution >= 4 is 29.9 Å². The molecule has 1 spiro atoms. The van der Waals surface area contributed by atoms with Crippen molar-refractivity contribution < 1.29 is 14.2 Å². The molecule has 3 saturated heterocycles. The van der Waals surface area contributed by atoms with Crippen molar-refractivity contribution in [3.63, 3.8) is 0 Å². The van der Waals surface area contributed by atoms with Gasteiger partial charge < -0.3 is 24.4 Å². The summed E-state index contributed by atoms with van der Waals surface area (Å²) in [4.78, 5) is 7.24. The molecule has 3 aliphatic rings. The normalized spacial score (nSPS) is 27.1. The van der Waals surface area contributed by atoms with Gasteiger partial charge in [-0.2, -0.15) is 0 Å². The highest BCUT2D eigenvalue weighted by atomic mass is 127. The number of ether oxygens (including phenoxy) is 3.